The van der Waals surface area contributed by atoms with Crippen LogP contribution >= 0.6 is 0 Å². The number of nitrogens with one attached hydrogen (secondary N) is 1. The fourth-order valence-electron chi connectivity index (χ4n) is 1.32. The van der Waals surface area contributed by atoms with Gasteiger partial charge >= 0.3 is 0 Å². The lowest BCUT2D eigenvalue weighted by atomic mass is 10.2. The fourth-order valence-corrected chi connectivity index (χ4v) is 2.58. The number of nitrogens with two attached hydrogens (primary N) is 1. The van der Waals surface area contributed by atoms with Crippen molar-refractivity contribution < 1.29 is 17.5 Å². The Morgan fingerprint density at radius 2 is 2.06 bits per heavy atom. The van der Waals surface area contributed by atoms with Crippen LogP contribution in [0.25, 0.3) is 0 Å². The summed E-state index contributed by atoms with van der Waals surface area (Å²) in [5.74, 6) is -0.805. The van der Waals surface area contributed by atoms with Crippen molar-refractivity contribution in [3.05, 3.63) is 17.9 Å². The van der Waals surface area contributed by atoms with Crippen molar-refractivity contribution in [2.45, 2.75) is 18.7 Å². The molecule has 0 saturated carbocycles. The Morgan fingerprint density at radius 3 is 2.50 bits per heavy atom. The zero-order chi connectivity index (χ0) is 13.9. The van der Waals surface area contributed by atoms with Crippen LogP contribution in [-0.2, 0) is 10.0 Å². The minimum absolute atomic E-state index is 0.0533. The van der Waals surface area contributed by atoms with Crippen molar-refractivity contribution in [1.29, 1.82) is 0 Å². The van der Waals surface area contributed by atoms with Crippen LogP contribution in [0.4, 0.5) is 10.1 Å². The molecule has 1 aromatic rings. The van der Waals surface area contributed by atoms with Crippen LogP contribution in [0, 0.1) is 11.7 Å². The molecular formula is C11H17FN2O3S. The summed E-state index contributed by atoms with van der Waals surface area (Å²) in [5.41, 5.74) is 5.47. The number of halogens is 1. The first-order valence-electron chi connectivity index (χ1n) is 5.40. The van der Waals surface area contributed by atoms with E-state index >= 15 is 0 Å². The van der Waals surface area contributed by atoms with Gasteiger partial charge in [0.05, 0.1) is 17.7 Å². The van der Waals surface area contributed by atoms with Crippen LogP contribution in [0.1, 0.15) is 13.8 Å². The van der Waals surface area contributed by atoms with Crippen molar-refractivity contribution >= 4 is 15.7 Å². The molecule has 18 heavy (non-hydrogen) atoms. The number of hydrogen-bond donors (Lipinski definition) is 2. The Kier molecular flexibility index (Phi) is 4.53. The highest BCUT2D eigenvalue weighted by molar-refractivity contribution is 7.89. The molecule has 0 saturated heterocycles. The second-order valence-electron chi connectivity index (χ2n) is 4.27. The molecule has 102 valence electrons. The Morgan fingerprint density at radius 1 is 1.44 bits per heavy atom. The van der Waals surface area contributed by atoms with Crippen LogP contribution < -0.4 is 15.2 Å². The van der Waals surface area contributed by atoms with Gasteiger partial charge in [-0.3, -0.25) is 0 Å². The van der Waals surface area contributed by atoms with Gasteiger partial charge in [0.15, 0.2) is 11.6 Å². The molecule has 0 aliphatic heterocycles. The predicted molar refractivity (Wildman–Crippen MR) is 67.4 cm³/mol. The number of benzene rings is 1. The third kappa shape index (κ3) is 3.33. The first kappa shape index (κ1) is 14.7. The maximum atomic E-state index is 13.5. The summed E-state index contributed by atoms with van der Waals surface area (Å²) in [6.07, 6.45) is 0. The zero-order valence-electron chi connectivity index (χ0n) is 10.5. The predicted octanol–water partition coefficient (Wildman–Crippen LogP) is 1.35. The minimum atomic E-state index is -3.75. The number of sulfonamides is 1. The lowest BCUT2D eigenvalue weighted by Crippen LogP contribution is -2.27. The van der Waals surface area contributed by atoms with Crippen LogP contribution in [0.2, 0.25) is 0 Å². The Labute approximate surface area is 106 Å². The molecule has 1 rings (SSSR count). The molecule has 0 atom stereocenters. The van der Waals surface area contributed by atoms with Gasteiger partial charge in [-0.05, 0) is 18.1 Å². The molecule has 3 N–H and O–H groups in total. The van der Waals surface area contributed by atoms with E-state index in [0.29, 0.717) is 0 Å². The molecule has 1 aromatic carbocycles. The maximum absolute atomic E-state index is 13.5. The van der Waals surface area contributed by atoms with Gasteiger partial charge in [-0.25, -0.2) is 17.5 Å². The molecular weight excluding hydrogens is 259 g/mol. The van der Waals surface area contributed by atoms with Crippen LogP contribution in [-0.4, -0.2) is 22.1 Å². The standard InChI is InChI=1S/C11H17FN2O3S/c1-7(2)6-14-18(15,16)8-4-9(12)11(17-3)10(13)5-8/h4-5,7,14H,6,13H2,1-3H3. The van der Waals surface area contributed by atoms with Gasteiger partial charge in [-0.15, -0.1) is 0 Å². The fraction of sp³-hybridized carbons (Fsp3) is 0.455. The van der Waals surface area contributed by atoms with E-state index in [4.69, 9.17) is 10.5 Å². The summed E-state index contributed by atoms with van der Waals surface area (Å²) in [6, 6.07) is 2.06. The van der Waals surface area contributed by atoms with Gasteiger partial charge in [0.2, 0.25) is 10.0 Å². The van der Waals surface area contributed by atoms with Crippen molar-refractivity contribution in [2.24, 2.45) is 5.92 Å². The molecule has 0 bridgehead atoms. The van der Waals surface area contributed by atoms with Gasteiger partial charge < -0.3 is 10.5 Å². The number of ether oxygens (including phenoxy) is 1. The topological polar surface area (TPSA) is 81.4 Å². The first-order valence-corrected chi connectivity index (χ1v) is 6.89. The highest BCUT2D eigenvalue weighted by atomic mass is 32.2. The van der Waals surface area contributed by atoms with Crippen molar-refractivity contribution in [2.75, 3.05) is 19.4 Å². The summed E-state index contributed by atoms with van der Waals surface area (Å²) in [6.45, 7) is 4.01. The van der Waals surface area contributed by atoms with E-state index in [1.54, 1.807) is 0 Å². The monoisotopic (exact) mass is 276 g/mol. The van der Waals surface area contributed by atoms with E-state index < -0.39 is 15.8 Å². The lowest BCUT2D eigenvalue weighted by Gasteiger charge is -2.11. The summed E-state index contributed by atoms with van der Waals surface area (Å²) < 4.78 is 44.4. The Hall–Kier alpha value is -1.34. The minimum Gasteiger partial charge on any atom is -0.492 e. The molecule has 0 aromatic heterocycles. The van der Waals surface area contributed by atoms with E-state index in [1.165, 1.54) is 13.2 Å². The van der Waals surface area contributed by atoms with Crippen LogP contribution in [0.15, 0.2) is 17.0 Å². The highest BCUT2D eigenvalue weighted by Crippen LogP contribution is 2.28. The lowest BCUT2D eigenvalue weighted by molar-refractivity contribution is 0.388. The van der Waals surface area contributed by atoms with E-state index in [0.717, 1.165) is 6.07 Å². The average molecular weight is 276 g/mol. The number of hydrogen-bond acceptors (Lipinski definition) is 4. The smallest absolute Gasteiger partial charge is 0.240 e. The molecule has 0 fully saturated rings. The number of methoxy groups -OCH3 is 1. The molecule has 0 aliphatic rings. The molecule has 0 heterocycles. The quantitative estimate of drug-likeness (QED) is 0.795. The van der Waals surface area contributed by atoms with Crippen molar-refractivity contribution in [3.63, 3.8) is 0 Å². The highest BCUT2D eigenvalue weighted by Gasteiger charge is 2.19. The first-order chi connectivity index (χ1) is 8.27. The molecule has 5 nitrogen and oxygen atoms in total. The number of nitrogen functional groups attached to an aromatic ring is 1. The van der Waals surface area contributed by atoms with Gasteiger partial charge in [0, 0.05) is 6.54 Å². The second kappa shape index (κ2) is 5.53. The van der Waals surface area contributed by atoms with E-state index in [-0.39, 0.29) is 28.8 Å². The molecule has 0 amide bonds. The Bertz CT molecular complexity index is 506. The Balaban J connectivity index is 3.11. The van der Waals surface area contributed by atoms with Gasteiger partial charge in [-0.1, -0.05) is 13.8 Å². The third-order valence-electron chi connectivity index (χ3n) is 2.24. The van der Waals surface area contributed by atoms with Gasteiger partial charge in [0.25, 0.3) is 0 Å². The summed E-state index contributed by atoms with van der Waals surface area (Å²) in [5, 5.41) is 0. The van der Waals surface area contributed by atoms with Crippen LogP contribution in [0.3, 0.4) is 0 Å². The summed E-state index contributed by atoms with van der Waals surface area (Å²) >= 11 is 0. The van der Waals surface area contributed by atoms with Crippen LogP contribution in [0.5, 0.6) is 5.75 Å². The molecule has 0 spiro atoms. The number of anilines is 1. The van der Waals surface area contributed by atoms with Crippen molar-refractivity contribution in [1.82, 2.24) is 4.72 Å². The maximum Gasteiger partial charge on any atom is 0.240 e. The summed E-state index contributed by atoms with van der Waals surface area (Å²) in [7, 11) is -2.49. The SMILES string of the molecule is COc1c(N)cc(S(=O)(=O)NCC(C)C)cc1F. The second-order valence-corrected chi connectivity index (χ2v) is 6.04. The van der Waals surface area contributed by atoms with Gasteiger partial charge in [-0.2, -0.15) is 0 Å². The van der Waals surface area contributed by atoms with E-state index in [1.807, 2.05) is 13.8 Å². The normalized spacial score (nSPS) is 11.8. The molecule has 0 unspecified atom stereocenters. The number of rotatable bonds is 5. The largest absolute Gasteiger partial charge is 0.492 e. The summed E-state index contributed by atoms with van der Waals surface area (Å²) in [4.78, 5) is -0.209. The van der Waals surface area contributed by atoms with Gasteiger partial charge in [0.1, 0.15) is 0 Å². The third-order valence-corrected chi connectivity index (χ3v) is 3.64. The molecule has 7 heteroatoms. The van der Waals surface area contributed by atoms with E-state index in [9.17, 15) is 12.8 Å². The van der Waals surface area contributed by atoms with E-state index in [2.05, 4.69) is 4.72 Å². The van der Waals surface area contributed by atoms with Crippen molar-refractivity contribution in [3.8, 4) is 5.75 Å². The molecule has 0 radical (unpaired) electrons. The zero-order valence-corrected chi connectivity index (χ0v) is 11.3. The molecule has 0 aliphatic carbocycles. The average Bonchev–Trinajstić information content (AvgIpc) is 2.26.